The number of phenolic OH excluding ortho intramolecular Hbond substituents is 1. The molecule has 4 nitrogen and oxygen atoms in total. The summed E-state index contributed by atoms with van der Waals surface area (Å²) in [5, 5.41) is 9.67. The van der Waals surface area contributed by atoms with Gasteiger partial charge in [-0.15, -0.1) is 25.3 Å². The van der Waals surface area contributed by atoms with Gasteiger partial charge in [0.05, 0.1) is 0 Å². The summed E-state index contributed by atoms with van der Waals surface area (Å²) >= 11 is 8.30. The van der Waals surface area contributed by atoms with Crippen LogP contribution in [0.4, 0.5) is 0 Å². The van der Waals surface area contributed by atoms with Gasteiger partial charge in [0, 0.05) is 16.3 Å². The number of hydrogen-bond donors (Lipinski definition) is 5. The third-order valence-electron chi connectivity index (χ3n) is 1.83. The molecule has 0 fully saturated rings. The molecule has 0 aliphatic rings. The SMILES string of the molecule is NC(N)=NCCc1cc(S)cc(S)c1O. The first-order valence-electron chi connectivity index (χ1n) is 4.30. The highest BCUT2D eigenvalue weighted by molar-refractivity contribution is 7.81. The molecule has 1 aromatic rings. The van der Waals surface area contributed by atoms with E-state index < -0.39 is 0 Å². The van der Waals surface area contributed by atoms with E-state index in [4.69, 9.17) is 11.5 Å². The van der Waals surface area contributed by atoms with Crippen molar-refractivity contribution in [1.82, 2.24) is 0 Å². The Kier molecular flexibility index (Phi) is 4.16. The van der Waals surface area contributed by atoms with E-state index >= 15 is 0 Å². The molecular formula is C9H13N3OS2. The zero-order valence-electron chi connectivity index (χ0n) is 8.01. The summed E-state index contributed by atoms with van der Waals surface area (Å²) in [5.74, 6) is 0.199. The molecule has 0 saturated heterocycles. The Hall–Kier alpha value is -1.01. The van der Waals surface area contributed by atoms with Gasteiger partial charge in [0.2, 0.25) is 0 Å². The lowest BCUT2D eigenvalue weighted by atomic mass is 10.1. The maximum absolute atomic E-state index is 9.67. The number of nitrogens with zero attached hydrogens (tertiary/aromatic N) is 1. The number of hydrogen-bond acceptors (Lipinski definition) is 4. The second-order valence-electron chi connectivity index (χ2n) is 3.03. The lowest BCUT2D eigenvalue weighted by molar-refractivity contribution is 0.454. The summed E-state index contributed by atoms with van der Waals surface area (Å²) in [6, 6.07) is 3.44. The number of guanidine groups is 1. The third-order valence-corrected chi connectivity index (χ3v) is 2.43. The highest BCUT2D eigenvalue weighted by Crippen LogP contribution is 2.29. The molecule has 0 spiro atoms. The van der Waals surface area contributed by atoms with Crippen LogP contribution in [0.3, 0.4) is 0 Å². The largest absolute Gasteiger partial charge is 0.507 e. The Morgan fingerprint density at radius 3 is 2.60 bits per heavy atom. The van der Waals surface area contributed by atoms with Crippen molar-refractivity contribution in [3.8, 4) is 5.75 Å². The van der Waals surface area contributed by atoms with Gasteiger partial charge in [-0.3, -0.25) is 4.99 Å². The number of thiol groups is 2. The normalized spacial score (nSPS) is 10.0. The van der Waals surface area contributed by atoms with E-state index in [9.17, 15) is 5.11 Å². The fourth-order valence-electron chi connectivity index (χ4n) is 1.16. The van der Waals surface area contributed by atoms with Crippen LogP contribution in [-0.4, -0.2) is 17.6 Å². The fraction of sp³-hybridized carbons (Fsp3) is 0.222. The van der Waals surface area contributed by atoms with Crippen LogP contribution in [0.15, 0.2) is 26.9 Å². The quantitative estimate of drug-likeness (QED) is 0.309. The van der Waals surface area contributed by atoms with Crippen molar-refractivity contribution >= 4 is 31.2 Å². The number of phenols is 1. The minimum absolute atomic E-state index is 0.0441. The maximum atomic E-state index is 9.67. The van der Waals surface area contributed by atoms with E-state index in [0.717, 1.165) is 10.5 Å². The molecule has 6 heteroatoms. The topological polar surface area (TPSA) is 84.6 Å². The molecule has 82 valence electrons. The van der Waals surface area contributed by atoms with E-state index in [2.05, 4.69) is 30.2 Å². The van der Waals surface area contributed by atoms with Gasteiger partial charge >= 0.3 is 0 Å². The van der Waals surface area contributed by atoms with E-state index in [1.165, 1.54) is 0 Å². The van der Waals surface area contributed by atoms with E-state index in [0.29, 0.717) is 17.9 Å². The van der Waals surface area contributed by atoms with Crippen molar-refractivity contribution in [3.63, 3.8) is 0 Å². The molecule has 0 saturated carbocycles. The molecule has 1 aromatic carbocycles. The highest BCUT2D eigenvalue weighted by Gasteiger charge is 2.05. The van der Waals surface area contributed by atoms with Gasteiger partial charge in [0.15, 0.2) is 5.96 Å². The Morgan fingerprint density at radius 2 is 2.00 bits per heavy atom. The van der Waals surface area contributed by atoms with Crippen molar-refractivity contribution < 1.29 is 5.11 Å². The molecule has 0 unspecified atom stereocenters. The molecule has 0 radical (unpaired) electrons. The first kappa shape index (κ1) is 12.1. The number of nitrogens with two attached hydrogens (primary N) is 2. The fourth-order valence-corrected chi connectivity index (χ4v) is 1.83. The van der Waals surface area contributed by atoms with Crippen LogP contribution in [0, 0.1) is 0 Å². The van der Waals surface area contributed by atoms with Crippen molar-refractivity contribution in [3.05, 3.63) is 17.7 Å². The Bertz CT molecular complexity index is 389. The summed E-state index contributed by atoms with van der Waals surface area (Å²) in [6.45, 7) is 0.431. The molecule has 0 atom stereocenters. The standard InChI is InChI=1S/C9H13N3OS2/c10-9(11)12-2-1-5-3-6(14)4-7(15)8(5)13/h3-4,13-15H,1-2H2,(H4,10,11,12). The molecule has 0 heterocycles. The lowest BCUT2D eigenvalue weighted by Gasteiger charge is -2.06. The van der Waals surface area contributed by atoms with Crippen molar-refractivity contribution in [2.24, 2.45) is 16.5 Å². The van der Waals surface area contributed by atoms with Gasteiger partial charge in [-0.1, -0.05) is 0 Å². The molecular weight excluding hydrogens is 230 g/mol. The van der Waals surface area contributed by atoms with E-state index in [-0.39, 0.29) is 11.7 Å². The average molecular weight is 243 g/mol. The molecule has 0 bridgehead atoms. The average Bonchev–Trinajstić information content (AvgIpc) is 2.12. The van der Waals surface area contributed by atoms with Gasteiger partial charge in [-0.25, -0.2) is 0 Å². The van der Waals surface area contributed by atoms with Crippen molar-refractivity contribution in [2.45, 2.75) is 16.2 Å². The Labute approximate surface area is 99.2 Å². The van der Waals surface area contributed by atoms with Gasteiger partial charge in [-0.2, -0.15) is 0 Å². The molecule has 0 aromatic heterocycles. The monoisotopic (exact) mass is 243 g/mol. The predicted octanol–water partition coefficient (Wildman–Crippen LogP) is 0.785. The van der Waals surface area contributed by atoms with Crippen molar-refractivity contribution in [1.29, 1.82) is 0 Å². The first-order chi connectivity index (χ1) is 7.00. The minimum atomic E-state index is 0.0441. The van der Waals surface area contributed by atoms with Crippen LogP contribution in [-0.2, 0) is 6.42 Å². The maximum Gasteiger partial charge on any atom is 0.185 e. The van der Waals surface area contributed by atoms with Crippen LogP contribution in [0.1, 0.15) is 5.56 Å². The lowest BCUT2D eigenvalue weighted by Crippen LogP contribution is -2.23. The van der Waals surface area contributed by atoms with Crippen LogP contribution in [0.2, 0.25) is 0 Å². The zero-order valence-corrected chi connectivity index (χ0v) is 9.80. The summed E-state index contributed by atoms with van der Waals surface area (Å²) in [5.41, 5.74) is 11.1. The van der Waals surface area contributed by atoms with Gasteiger partial charge < -0.3 is 16.6 Å². The highest BCUT2D eigenvalue weighted by atomic mass is 32.1. The van der Waals surface area contributed by atoms with Crippen molar-refractivity contribution in [2.75, 3.05) is 6.54 Å². The Balaban J connectivity index is 2.81. The minimum Gasteiger partial charge on any atom is -0.507 e. The van der Waals surface area contributed by atoms with Gasteiger partial charge in [-0.05, 0) is 24.1 Å². The second kappa shape index (κ2) is 5.18. The molecule has 0 amide bonds. The molecule has 5 N–H and O–H groups in total. The van der Waals surface area contributed by atoms with E-state index in [1.807, 2.05) is 0 Å². The second-order valence-corrected chi connectivity index (χ2v) is 4.03. The number of rotatable bonds is 3. The number of aliphatic imine (C=N–C) groups is 1. The van der Waals surface area contributed by atoms with E-state index in [1.54, 1.807) is 12.1 Å². The third kappa shape index (κ3) is 3.56. The summed E-state index contributed by atoms with van der Waals surface area (Å²) < 4.78 is 0. The van der Waals surface area contributed by atoms with Crippen LogP contribution < -0.4 is 11.5 Å². The Morgan fingerprint density at radius 1 is 1.33 bits per heavy atom. The van der Waals surface area contributed by atoms with Gasteiger partial charge in [0.25, 0.3) is 0 Å². The van der Waals surface area contributed by atoms with Crippen LogP contribution >= 0.6 is 25.3 Å². The summed E-state index contributed by atoms with van der Waals surface area (Å²) in [6.07, 6.45) is 0.547. The smallest absolute Gasteiger partial charge is 0.185 e. The molecule has 1 rings (SSSR count). The number of benzene rings is 1. The predicted molar refractivity (Wildman–Crippen MR) is 67.0 cm³/mol. The summed E-state index contributed by atoms with van der Waals surface area (Å²) in [7, 11) is 0. The molecule has 0 aliphatic carbocycles. The molecule has 0 aliphatic heterocycles. The van der Waals surface area contributed by atoms with Crippen LogP contribution in [0.5, 0.6) is 5.75 Å². The number of aromatic hydroxyl groups is 1. The first-order valence-corrected chi connectivity index (χ1v) is 5.19. The van der Waals surface area contributed by atoms with Crippen LogP contribution in [0.25, 0.3) is 0 Å². The summed E-state index contributed by atoms with van der Waals surface area (Å²) in [4.78, 5) is 5.08. The molecule has 15 heavy (non-hydrogen) atoms. The zero-order chi connectivity index (χ0) is 11.4. The van der Waals surface area contributed by atoms with Gasteiger partial charge in [0.1, 0.15) is 5.75 Å².